The predicted molar refractivity (Wildman–Crippen MR) is 82.6 cm³/mol. The van der Waals surface area contributed by atoms with E-state index in [-0.39, 0.29) is 0 Å². The Morgan fingerprint density at radius 3 is 2.72 bits per heavy atom. The van der Waals surface area contributed by atoms with E-state index in [2.05, 4.69) is 59.2 Å². The standard InChI is InChI=1S/C14H20BrClN2/c1-9-10(2)18(7-6-14(9)17-3)11-4-5-13(16)12(15)8-11/h4-5,8-10,14,17H,6-7H2,1-3H3. The lowest BCUT2D eigenvalue weighted by atomic mass is 9.87. The van der Waals surface area contributed by atoms with Gasteiger partial charge in [-0.1, -0.05) is 18.5 Å². The van der Waals surface area contributed by atoms with Crippen molar-refractivity contribution in [2.75, 3.05) is 18.5 Å². The highest BCUT2D eigenvalue weighted by Gasteiger charge is 2.31. The molecule has 1 aliphatic rings. The van der Waals surface area contributed by atoms with Crippen LogP contribution in [0.3, 0.4) is 0 Å². The first-order valence-electron chi connectivity index (χ1n) is 6.43. The highest BCUT2D eigenvalue weighted by molar-refractivity contribution is 9.10. The smallest absolute Gasteiger partial charge is 0.0549 e. The molecule has 0 saturated carbocycles. The zero-order valence-corrected chi connectivity index (χ0v) is 13.4. The monoisotopic (exact) mass is 330 g/mol. The van der Waals surface area contributed by atoms with Crippen molar-refractivity contribution in [2.45, 2.75) is 32.4 Å². The molecule has 3 atom stereocenters. The Morgan fingerprint density at radius 1 is 1.39 bits per heavy atom. The Labute approximate surface area is 123 Å². The minimum Gasteiger partial charge on any atom is -0.368 e. The van der Waals surface area contributed by atoms with Crippen LogP contribution in [0.1, 0.15) is 20.3 Å². The summed E-state index contributed by atoms with van der Waals surface area (Å²) in [5, 5.41) is 4.19. The lowest BCUT2D eigenvalue weighted by Crippen LogP contribution is -2.52. The van der Waals surface area contributed by atoms with Crippen LogP contribution in [0.15, 0.2) is 22.7 Å². The molecule has 18 heavy (non-hydrogen) atoms. The third kappa shape index (κ3) is 2.68. The van der Waals surface area contributed by atoms with Crippen molar-refractivity contribution in [1.82, 2.24) is 5.32 Å². The van der Waals surface area contributed by atoms with Gasteiger partial charge in [0.05, 0.1) is 5.02 Å². The first-order chi connectivity index (χ1) is 8.54. The van der Waals surface area contributed by atoms with Gasteiger partial charge in [0.2, 0.25) is 0 Å². The summed E-state index contributed by atoms with van der Waals surface area (Å²) in [5.74, 6) is 0.637. The van der Waals surface area contributed by atoms with E-state index in [1.165, 1.54) is 12.1 Å². The van der Waals surface area contributed by atoms with Crippen molar-refractivity contribution in [3.05, 3.63) is 27.7 Å². The second kappa shape index (κ2) is 5.81. The molecule has 3 unspecified atom stereocenters. The molecule has 100 valence electrons. The van der Waals surface area contributed by atoms with Crippen molar-refractivity contribution in [2.24, 2.45) is 5.92 Å². The molecule has 1 aliphatic heterocycles. The maximum Gasteiger partial charge on any atom is 0.0549 e. The van der Waals surface area contributed by atoms with E-state index in [4.69, 9.17) is 11.6 Å². The summed E-state index contributed by atoms with van der Waals surface area (Å²) < 4.78 is 0.970. The molecule has 0 spiro atoms. The summed E-state index contributed by atoms with van der Waals surface area (Å²) in [6.07, 6.45) is 1.18. The first kappa shape index (κ1) is 14.2. The van der Waals surface area contributed by atoms with Crippen molar-refractivity contribution in [3.63, 3.8) is 0 Å². The maximum absolute atomic E-state index is 6.05. The van der Waals surface area contributed by atoms with E-state index in [0.717, 1.165) is 16.0 Å². The highest BCUT2D eigenvalue weighted by atomic mass is 79.9. The predicted octanol–water partition coefficient (Wildman–Crippen LogP) is 3.93. The van der Waals surface area contributed by atoms with Gasteiger partial charge >= 0.3 is 0 Å². The summed E-state index contributed by atoms with van der Waals surface area (Å²) in [5.41, 5.74) is 1.25. The number of benzene rings is 1. The molecule has 1 aromatic carbocycles. The van der Waals surface area contributed by atoms with E-state index < -0.39 is 0 Å². The number of nitrogens with zero attached hydrogens (tertiary/aromatic N) is 1. The van der Waals surface area contributed by atoms with Crippen molar-refractivity contribution in [3.8, 4) is 0 Å². The molecule has 4 heteroatoms. The normalized spacial score (nSPS) is 28.5. The molecule has 1 saturated heterocycles. The average molecular weight is 332 g/mol. The molecular weight excluding hydrogens is 312 g/mol. The van der Waals surface area contributed by atoms with Crippen LogP contribution >= 0.6 is 27.5 Å². The number of nitrogens with one attached hydrogen (secondary N) is 1. The first-order valence-corrected chi connectivity index (χ1v) is 7.60. The van der Waals surface area contributed by atoms with Gasteiger partial charge in [-0.05, 0) is 60.4 Å². The zero-order chi connectivity index (χ0) is 13.3. The van der Waals surface area contributed by atoms with Gasteiger partial charge in [0.15, 0.2) is 0 Å². The summed E-state index contributed by atoms with van der Waals surface area (Å²) in [6, 6.07) is 7.33. The molecule has 0 bridgehead atoms. The molecule has 0 amide bonds. The van der Waals surface area contributed by atoms with Gasteiger partial charge in [0, 0.05) is 28.8 Å². The van der Waals surface area contributed by atoms with Gasteiger partial charge in [-0.3, -0.25) is 0 Å². The summed E-state index contributed by atoms with van der Waals surface area (Å²) in [6.45, 7) is 5.71. The van der Waals surface area contributed by atoms with Gasteiger partial charge in [0.1, 0.15) is 0 Å². The lowest BCUT2D eigenvalue weighted by Gasteiger charge is -2.44. The van der Waals surface area contributed by atoms with Gasteiger partial charge in [-0.25, -0.2) is 0 Å². The van der Waals surface area contributed by atoms with Crippen molar-refractivity contribution in [1.29, 1.82) is 0 Å². The summed E-state index contributed by atoms with van der Waals surface area (Å²) >= 11 is 9.56. The fourth-order valence-corrected chi connectivity index (χ4v) is 3.28. The van der Waals surface area contributed by atoms with Crippen LogP contribution in [-0.4, -0.2) is 25.7 Å². The molecule has 2 rings (SSSR count). The van der Waals surface area contributed by atoms with Gasteiger partial charge in [-0.15, -0.1) is 0 Å². The largest absolute Gasteiger partial charge is 0.368 e. The number of anilines is 1. The van der Waals surface area contributed by atoms with Crippen LogP contribution in [0.4, 0.5) is 5.69 Å². The number of halogens is 2. The van der Waals surface area contributed by atoms with E-state index in [9.17, 15) is 0 Å². The van der Waals surface area contributed by atoms with Crippen LogP contribution in [0.5, 0.6) is 0 Å². The van der Waals surface area contributed by atoms with Crippen molar-refractivity contribution >= 4 is 33.2 Å². The van der Waals surface area contributed by atoms with Crippen LogP contribution in [0.25, 0.3) is 0 Å². The Kier molecular flexibility index (Phi) is 4.57. The van der Waals surface area contributed by atoms with E-state index in [0.29, 0.717) is 18.0 Å². The van der Waals surface area contributed by atoms with Crippen LogP contribution in [0.2, 0.25) is 5.02 Å². The highest BCUT2D eigenvalue weighted by Crippen LogP contribution is 2.32. The van der Waals surface area contributed by atoms with Gasteiger partial charge in [-0.2, -0.15) is 0 Å². The Morgan fingerprint density at radius 2 is 2.11 bits per heavy atom. The Balaban J connectivity index is 2.21. The number of piperidine rings is 1. The molecule has 0 radical (unpaired) electrons. The molecule has 1 heterocycles. The number of hydrogen-bond donors (Lipinski definition) is 1. The van der Waals surface area contributed by atoms with Crippen LogP contribution in [0, 0.1) is 5.92 Å². The minimum absolute atomic E-state index is 0.532. The van der Waals surface area contributed by atoms with E-state index in [1.54, 1.807) is 0 Å². The van der Waals surface area contributed by atoms with Gasteiger partial charge < -0.3 is 10.2 Å². The molecule has 1 fully saturated rings. The van der Waals surface area contributed by atoms with Gasteiger partial charge in [0.25, 0.3) is 0 Å². The summed E-state index contributed by atoms with van der Waals surface area (Å²) in [4.78, 5) is 2.47. The van der Waals surface area contributed by atoms with E-state index in [1.807, 2.05) is 6.07 Å². The second-order valence-electron chi connectivity index (χ2n) is 5.08. The molecule has 0 aliphatic carbocycles. The Hall–Kier alpha value is -0.250. The lowest BCUT2D eigenvalue weighted by molar-refractivity contribution is 0.282. The molecular formula is C14H20BrClN2. The maximum atomic E-state index is 6.05. The molecule has 1 aromatic rings. The number of hydrogen-bond acceptors (Lipinski definition) is 2. The molecule has 2 nitrogen and oxygen atoms in total. The van der Waals surface area contributed by atoms with Crippen LogP contribution < -0.4 is 10.2 Å². The minimum atomic E-state index is 0.532. The van der Waals surface area contributed by atoms with Crippen LogP contribution in [-0.2, 0) is 0 Å². The average Bonchev–Trinajstić information content (AvgIpc) is 2.36. The fraction of sp³-hybridized carbons (Fsp3) is 0.571. The van der Waals surface area contributed by atoms with Crippen molar-refractivity contribution < 1.29 is 0 Å². The third-order valence-electron chi connectivity index (χ3n) is 4.17. The van der Waals surface area contributed by atoms with E-state index >= 15 is 0 Å². The second-order valence-corrected chi connectivity index (χ2v) is 6.34. The topological polar surface area (TPSA) is 15.3 Å². The zero-order valence-electron chi connectivity index (χ0n) is 11.1. The summed E-state index contributed by atoms with van der Waals surface area (Å²) in [7, 11) is 2.06. The SMILES string of the molecule is CNC1CCN(c2ccc(Cl)c(Br)c2)C(C)C1C. The fourth-order valence-electron chi connectivity index (χ4n) is 2.80. The molecule has 0 aromatic heterocycles. The number of rotatable bonds is 2. The Bertz CT molecular complexity index is 424. The molecule has 1 N–H and O–H groups in total. The third-order valence-corrected chi connectivity index (χ3v) is 5.39. The quantitative estimate of drug-likeness (QED) is 0.883.